The Hall–Kier alpha value is -2.07. The highest BCUT2D eigenvalue weighted by atomic mass is 32.1. The molecule has 1 aromatic heterocycles. The van der Waals surface area contributed by atoms with E-state index in [1.165, 1.54) is 11.3 Å². The van der Waals surface area contributed by atoms with Gasteiger partial charge >= 0.3 is 0 Å². The summed E-state index contributed by atoms with van der Waals surface area (Å²) >= 11 is 1.18. The zero-order valence-electron chi connectivity index (χ0n) is 11.7. The van der Waals surface area contributed by atoms with Crippen molar-refractivity contribution in [3.63, 3.8) is 0 Å². The van der Waals surface area contributed by atoms with E-state index in [4.69, 9.17) is 9.47 Å². The molecule has 0 amide bonds. The number of methoxy groups -OCH3 is 2. The van der Waals surface area contributed by atoms with Gasteiger partial charge in [-0.25, -0.2) is 0 Å². The first-order chi connectivity index (χ1) is 9.60. The number of hydrogen-bond acceptors (Lipinski definition) is 4. The SMILES string of the molecule is C=C(/C=c1/sc(=O)c2cc(OC)ccc2/c1=C/C)OC. The fourth-order valence-corrected chi connectivity index (χ4v) is 3.01. The first-order valence-corrected chi connectivity index (χ1v) is 6.94. The number of fused-ring (bicyclic) bond motifs is 1. The topological polar surface area (TPSA) is 35.5 Å². The molecule has 0 spiro atoms. The molecule has 2 rings (SSSR count). The van der Waals surface area contributed by atoms with Crippen molar-refractivity contribution in [2.24, 2.45) is 0 Å². The van der Waals surface area contributed by atoms with Crippen LogP contribution in [0.25, 0.3) is 22.9 Å². The lowest BCUT2D eigenvalue weighted by atomic mass is 10.1. The minimum atomic E-state index is -0.000321. The maximum absolute atomic E-state index is 12.3. The second kappa shape index (κ2) is 5.92. The predicted octanol–water partition coefficient (Wildman–Crippen LogP) is 2.01. The van der Waals surface area contributed by atoms with Gasteiger partial charge in [0.25, 0.3) is 0 Å². The lowest BCUT2D eigenvalue weighted by molar-refractivity contribution is 0.315. The van der Waals surface area contributed by atoms with Gasteiger partial charge in [-0.3, -0.25) is 4.79 Å². The van der Waals surface area contributed by atoms with Crippen LogP contribution in [0.5, 0.6) is 5.75 Å². The van der Waals surface area contributed by atoms with Crippen LogP contribution in [0, 0.1) is 0 Å². The number of rotatable bonds is 3. The van der Waals surface area contributed by atoms with Crippen molar-refractivity contribution in [3.05, 3.63) is 49.8 Å². The van der Waals surface area contributed by atoms with Gasteiger partial charge in [0.15, 0.2) is 0 Å². The highest BCUT2D eigenvalue weighted by Gasteiger charge is 2.04. The van der Waals surface area contributed by atoms with Gasteiger partial charge in [0, 0.05) is 9.92 Å². The van der Waals surface area contributed by atoms with Gasteiger partial charge in [0.05, 0.1) is 14.2 Å². The van der Waals surface area contributed by atoms with Gasteiger partial charge in [-0.1, -0.05) is 24.0 Å². The summed E-state index contributed by atoms with van der Waals surface area (Å²) in [6.07, 6.45) is 3.77. The smallest absolute Gasteiger partial charge is 0.240 e. The molecule has 0 aliphatic rings. The molecule has 1 aromatic carbocycles. The Balaban J connectivity index is 2.93. The van der Waals surface area contributed by atoms with Gasteiger partial charge in [-0.05, 0) is 41.8 Å². The molecule has 0 N–H and O–H groups in total. The van der Waals surface area contributed by atoms with Gasteiger partial charge in [0.1, 0.15) is 11.5 Å². The van der Waals surface area contributed by atoms with E-state index in [-0.39, 0.29) is 4.74 Å². The Labute approximate surface area is 121 Å². The Morgan fingerprint density at radius 1 is 1.30 bits per heavy atom. The quantitative estimate of drug-likeness (QED) is 0.811. The van der Waals surface area contributed by atoms with Gasteiger partial charge < -0.3 is 9.47 Å². The van der Waals surface area contributed by atoms with E-state index in [1.54, 1.807) is 26.4 Å². The van der Waals surface area contributed by atoms with E-state index in [0.717, 1.165) is 15.1 Å². The summed E-state index contributed by atoms with van der Waals surface area (Å²) in [5.74, 6) is 1.21. The highest BCUT2D eigenvalue weighted by molar-refractivity contribution is 7.07. The average molecular weight is 288 g/mol. The van der Waals surface area contributed by atoms with E-state index in [9.17, 15) is 4.79 Å². The van der Waals surface area contributed by atoms with Crippen molar-refractivity contribution in [2.45, 2.75) is 6.92 Å². The molecule has 20 heavy (non-hydrogen) atoms. The van der Waals surface area contributed by atoms with Crippen LogP contribution >= 0.6 is 11.3 Å². The van der Waals surface area contributed by atoms with Gasteiger partial charge in [-0.15, -0.1) is 0 Å². The van der Waals surface area contributed by atoms with Crippen LogP contribution in [-0.2, 0) is 4.74 Å². The van der Waals surface area contributed by atoms with Crippen LogP contribution in [0.1, 0.15) is 6.92 Å². The molecule has 0 radical (unpaired) electrons. The van der Waals surface area contributed by atoms with Gasteiger partial charge in [0.2, 0.25) is 4.74 Å². The minimum absolute atomic E-state index is 0.000321. The summed E-state index contributed by atoms with van der Waals surface area (Å²) in [5.41, 5.74) is 0. The molecule has 0 saturated heterocycles. The third-order valence-corrected chi connectivity index (χ3v) is 4.01. The molecule has 0 saturated carbocycles. The standard InChI is InChI=1S/C16H16O3S/c1-5-12-13-7-6-11(19-4)9-14(13)16(17)20-15(12)8-10(2)18-3/h5-9H,2H2,1,3-4H3/b12-5-,15-8+. The largest absolute Gasteiger partial charge is 0.497 e. The van der Waals surface area contributed by atoms with E-state index >= 15 is 0 Å². The second-order valence-corrected chi connectivity index (χ2v) is 5.20. The van der Waals surface area contributed by atoms with Crippen molar-refractivity contribution in [1.29, 1.82) is 0 Å². The van der Waals surface area contributed by atoms with Crippen LogP contribution in [0.4, 0.5) is 0 Å². The molecular weight excluding hydrogens is 272 g/mol. The maximum atomic E-state index is 12.3. The summed E-state index contributed by atoms with van der Waals surface area (Å²) in [7, 11) is 3.15. The zero-order chi connectivity index (χ0) is 14.7. The lowest BCUT2D eigenvalue weighted by Gasteiger charge is -2.03. The van der Waals surface area contributed by atoms with Gasteiger partial charge in [-0.2, -0.15) is 0 Å². The Morgan fingerprint density at radius 3 is 2.65 bits per heavy atom. The van der Waals surface area contributed by atoms with Crippen molar-refractivity contribution in [3.8, 4) is 5.75 Å². The van der Waals surface area contributed by atoms with Crippen molar-refractivity contribution in [1.82, 2.24) is 0 Å². The summed E-state index contributed by atoms with van der Waals surface area (Å²) in [6, 6.07) is 5.54. The number of allylic oxidation sites excluding steroid dienone is 1. The number of hydrogen-bond donors (Lipinski definition) is 0. The Kier molecular flexibility index (Phi) is 4.25. The van der Waals surface area contributed by atoms with E-state index < -0.39 is 0 Å². The molecule has 3 nitrogen and oxygen atoms in total. The summed E-state index contributed by atoms with van der Waals surface area (Å²) < 4.78 is 11.1. The molecule has 0 bridgehead atoms. The molecule has 0 fully saturated rings. The molecule has 4 heteroatoms. The third kappa shape index (κ3) is 2.60. The molecule has 0 aliphatic heterocycles. The number of benzene rings is 1. The van der Waals surface area contributed by atoms with E-state index in [1.807, 2.05) is 25.1 Å². The first-order valence-electron chi connectivity index (χ1n) is 6.12. The molecule has 0 atom stereocenters. The first kappa shape index (κ1) is 14.3. The normalized spacial score (nSPS) is 12.8. The third-order valence-electron chi connectivity index (χ3n) is 3.05. The fraction of sp³-hybridized carbons (Fsp3) is 0.188. The van der Waals surface area contributed by atoms with Crippen molar-refractivity contribution < 1.29 is 9.47 Å². The summed E-state index contributed by atoms with van der Waals surface area (Å²) in [6.45, 7) is 5.72. The zero-order valence-corrected chi connectivity index (χ0v) is 12.5. The molecule has 0 unspecified atom stereocenters. The molecule has 1 heterocycles. The highest BCUT2D eigenvalue weighted by Crippen LogP contribution is 2.15. The van der Waals surface area contributed by atoms with Crippen LogP contribution in [0.2, 0.25) is 0 Å². The molecule has 0 aliphatic carbocycles. The van der Waals surface area contributed by atoms with Crippen molar-refractivity contribution >= 4 is 34.3 Å². The van der Waals surface area contributed by atoms with E-state index in [0.29, 0.717) is 16.9 Å². The summed E-state index contributed by atoms with van der Waals surface area (Å²) in [4.78, 5) is 12.3. The fourth-order valence-electron chi connectivity index (χ4n) is 2.01. The monoisotopic (exact) mass is 288 g/mol. The van der Waals surface area contributed by atoms with Crippen molar-refractivity contribution in [2.75, 3.05) is 14.2 Å². The minimum Gasteiger partial charge on any atom is -0.497 e. The summed E-state index contributed by atoms with van der Waals surface area (Å²) in [5, 5.41) is 2.58. The molecule has 104 valence electrons. The maximum Gasteiger partial charge on any atom is 0.240 e. The van der Waals surface area contributed by atoms with Crippen LogP contribution in [0.15, 0.2) is 35.3 Å². The second-order valence-electron chi connectivity index (χ2n) is 4.18. The van der Waals surface area contributed by atoms with E-state index in [2.05, 4.69) is 6.58 Å². The van der Waals surface area contributed by atoms with Crippen LogP contribution in [0.3, 0.4) is 0 Å². The number of ether oxygens (including phenoxy) is 2. The molecular formula is C16H16O3S. The lowest BCUT2D eigenvalue weighted by Crippen LogP contribution is -2.27. The Bertz CT molecular complexity index is 831. The van der Waals surface area contributed by atoms with Crippen LogP contribution in [-0.4, -0.2) is 14.2 Å². The Morgan fingerprint density at radius 2 is 2.05 bits per heavy atom. The van der Waals surface area contributed by atoms with Crippen LogP contribution < -0.4 is 19.2 Å². The predicted molar refractivity (Wildman–Crippen MR) is 84.7 cm³/mol. The molecule has 2 aromatic rings. The average Bonchev–Trinajstić information content (AvgIpc) is 2.47.